The van der Waals surface area contributed by atoms with Gasteiger partial charge < -0.3 is 15.2 Å². The maximum absolute atomic E-state index is 12.1. The molecular formula is C11H17N3O. The van der Waals surface area contributed by atoms with E-state index in [-0.39, 0.29) is 5.91 Å². The van der Waals surface area contributed by atoms with Gasteiger partial charge in [0.05, 0.1) is 5.56 Å². The summed E-state index contributed by atoms with van der Waals surface area (Å²) >= 11 is 0. The van der Waals surface area contributed by atoms with Crippen LogP contribution < -0.4 is 5.73 Å². The van der Waals surface area contributed by atoms with Gasteiger partial charge in [0, 0.05) is 26.3 Å². The molecule has 2 N–H and O–H groups in total. The maximum Gasteiger partial charge on any atom is 0.257 e. The molecule has 15 heavy (non-hydrogen) atoms. The number of carbonyl (C=O) groups excluding carboxylic acids is 1. The topological polar surface area (TPSA) is 51.3 Å². The van der Waals surface area contributed by atoms with Crippen LogP contribution in [-0.2, 0) is 7.05 Å². The Morgan fingerprint density at radius 3 is 2.53 bits per heavy atom. The number of amides is 1. The van der Waals surface area contributed by atoms with Crippen LogP contribution in [0.15, 0.2) is 12.3 Å². The van der Waals surface area contributed by atoms with E-state index in [4.69, 9.17) is 5.73 Å². The van der Waals surface area contributed by atoms with E-state index in [1.165, 1.54) is 6.42 Å². The number of hydrogen-bond acceptors (Lipinski definition) is 2. The number of aryl methyl sites for hydroxylation is 1. The number of aromatic nitrogens is 1. The number of nitrogens with zero attached hydrogens (tertiary/aromatic N) is 2. The summed E-state index contributed by atoms with van der Waals surface area (Å²) in [6.07, 6.45) is 5.28. The van der Waals surface area contributed by atoms with Gasteiger partial charge in [0.15, 0.2) is 0 Å². The third-order valence-electron chi connectivity index (χ3n) is 2.99. The second-order valence-corrected chi connectivity index (χ2v) is 4.08. The predicted octanol–water partition coefficient (Wildman–Crippen LogP) is 1.23. The van der Waals surface area contributed by atoms with Gasteiger partial charge in [0.25, 0.3) is 5.91 Å². The van der Waals surface area contributed by atoms with Crippen LogP contribution in [0, 0.1) is 0 Å². The summed E-state index contributed by atoms with van der Waals surface area (Å²) in [7, 11) is 1.85. The Bertz CT molecular complexity index is 364. The molecule has 1 aliphatic heterocycles. The van der Waals surface area contributed by atoms with Gasteiger partial charge in [-0.25, -0.2) is 0 Å². The van der Waals surface area contributed by atoms with Crippen molar-refractivity contribution in [3.63, 3.8) is 0 Å². The van der Waals surface area contributed by atoms with Gasteiger partial charge in [-0.1, -0.05) is 0 Å². The largest absolute Gasteiger partial charge is 0.384 e. The van der Waals surface area contributed by atoms with Crippen LogP contribution in [0.4, 0.5) is 5.82 Å². The standard InChI is InChI=1S/C11H17N3O/c1-13-8-5-9(10(13)12)11(15)14-6-3-2-4-7-14/h5,8H,2-4,6-7,12H2,1H3. The fourth-order valence-corrected chi connectivity index (χ4v) is 1.99. The van der Waals surface area contributed by atoms with Crippen molar-refractivity contribution in [2.24, 2.45) is 7.05 Å². The Morgan fingerprint density at radius 2 is 2.00 bits per heavy atom. The summed E-state index contributed by atoms with van der Waals surface area (Å²) < 4.78 is 1.77. The van der Waals surface area contributed by atoms with Crippen molar-refractivity contribution in [3.8, 4) is 0 Å². The summed E-state index contributed by atoms with van der Waals surface area (Å²) in [5, 5.41) is 0. The average molecular weight is 207 g/mol. The summed E-state index contributed by atoms with van der Waals surface area (Å²) in [5.41, 5.74) is 6.46. The van der Waals surface area contributed by atoms with Gasteiger partial charge in [-0.3, -0.25) is 4.79 Å². The Hall–Kier alpha value is -1.45. The predicted molar refractivity (Wildman–Crippen MR) is 59.6 cm³/mol. The number of nitrogens with two attached hydrogens (primary N) is 1. The molecule has 4 heteroatoms. The third-order valence-corrected chi connectivity index (χ3v) is 2.99. The lowest BCUT2D eigenvalue weighted by Crippen LogP contribution is -2.35. The van der Waals surface area contributed by atoms with E-state index < -0.39 is 0 Å². The lowest BCUT2D eigenvalue weighted by Gasteiger charge is -2.26. The van der Waals surface area contributed by atoms with Crippen molar-refractivity contribution in [1.82, 2.24) is 9.47 Å². The smallest absolute Gasteiger partial charge is 0.257 e. The normalized spacial score (nSPS) is 16.7. The summed E-state index contributed by atoms with van der Waals surface area (Å²) in [6.45, 7) is 1.74. The molecule has 1 saturated heterocycles. The van der Waals surface area contributed by atoms with Crippen molar-refractivity contribution in [1.29, 1.82) is 0 Å². The Balaban J connectivity index is 2.16. The van der Waals surface area contributed by atoms with E-state index in [0.717, 1.165) is 25.9 Å². The number of carbonyl (C=O) groups is 1. The second kappa shape index (κ2) is 3.96. The zero-order valence-electron chi connectivity index (χ0n) is 9.07. The highest BCUT2D eigenvalue weighted by molar-refractivity contribution is 5.98. The molecule has 1 aliphatic rings. The average Bonchev–Trinajstić information content (AvgIpc) is 2.60. The fourth-order valence-electron chi connectivity index (χ4n) is 1.99. The first-order chi connectivity index (χ1) is 7.20. The summed E-state index contributed by atoms with van der Waals surface area (Å²) in [4.78, 5) is 14.0. The zero-order valence-corrected chi connectivity index (χ0v) is 9.07. The van der Waals surface area contributed by atoms with Crippen molar-refractivity contribution < 1.29 is 4.79 Å². The van der Waals surface area contributed by atoms with E-state index >= 15 is 0 Å². The Morgan fingerprint density at radius 1 is 1.33 bits per heavy atom. The van der Waals surface area contributed by atoms with Crippen LogP contribution in [-0.4, -0.2) is 28.5 Å². The first-order valence-electron chi connectivity index (χ1n) is 5.40. The first-order valence-corrected chi connectivity index (χ1v) is 5.40. The SMILES string of the molecule is Cn1ccc(C(=O)N2CCCCC2)c1N. The van der Waals surface area contributed by atoms with Crippen LogP contribution in [0.5, 0.6) is 0 Å². The minimum Gasteiger partial charge on any atom is -0.384 e. The highest BCUT2D eigenvalue weighted by atomic mass is 16.2. The number of rotatable bonds is 1. The molecule has 82 valence electrons. The molecule has 0 aliphatic carbocycles. The minimum absolute atomic E-state index is 0.0767. The number of hydrogen-bond donors (Lipinski definition) is 1. The molecule has 1 aromatic rings. The van der Waals surface area contributed by atoms with Gasteiger partial charge in [0.2, 0.25) is 0 Å². The second-order valence-electron chi connectivity index (χ2n) is 4.08. The molecule has 1 aromatic heterocycles. The van der Waals surface area contributed by atoms with E-state index in [2.05, 4.69) is 0 Å². The molecule has 0 saturated carbocycles. The van der Waals surface area contributed by atoms with Crippen LogP contribution in [0.25, 0.3) is 0 Å². The van der Waals surface area contributed by atoms with Gasteiger partial charge in [-0.05, 0) is 25.3 Å². The molecule has 0 unspecified atom stereocenters. The highest BCUT2D eigenvalue weighted by Gasteiger charge is 2.21. The zero-order chi connectivity index (χ0) is 10.8. The Kier molecular flexibility index (Phi) is 2.66. The first kappa shape index (κ1) is 10.1. The van der Waals surface area contributed by atoms with Crippen LogP contribution in [0.1, 0.15) is 29.6 Å². The molecule has 2 heterocycles. The number of nitrogen functional groups attached to an aromatic ring is 1. The van der Waals surface area contributed by atoms with Gasteiger partial charge in [-0.2, -0.15) is 0 Å². The lowest BCUT2D eigenvalue weighted by atomic mass is 10.1. The quantitative estimate of drug-likeness (QED) is 0.753. The molecule has 1 amide bonds. The molecule has 0 bridgehead atoms. The number of likely N-dealkylation sites (tertiary alicyclic amines) is 1. The van der Waals surface area contributed by atoms with Crippen molar-refractivity contribution in [3.05, 3.63) is 17.8 Å². The summed E-state index contributed by atoms with van der Waals surface area (Å²) in [5.74, 6) is 0.637. The van der Waals surface area contributed by atoms with Crippen molar-refractivity contribution in [2.45, 2.75) is 19.3 Å². The number of anilines is 1. The van der Waals surface area contributed by atoms with E-state index in [1.807, 2.05) is 18.1 Å². The molecule has 0 atom stereocenters. The van der Waals surface area contributed by atoms with E-state index in [1.54, 1.807) is 10.6 Å². The van der Waals surface area contributed by atoms with Crippen molar-refractivity contribution >= 4 is 11.7 Å². The monoisotopic (exact) mass is 207 g/mol. The molecule has 2 rings (SSSR count). The lowest BCUT2D eigenvalue weighted by molar-refractivity contribution is 0.0725. The third kappa shape index (κ3) is 1.84. The summed E-state index contributed by atoms with van der Waals surface area (Å²) in [6, 6.07) is 1.80. The van der Waals surface area contributed by atoms with E-state index in [9.17, 15) is 4.79 Å². The van der Waals surface area contributed by atoms with Gasteiger partial charge in [-0.15, -0.1) is 0 Å². The molecule has 4 nitrogen and oxygen atoms in total. The van der Waals surface area contributed by atoms with Gasteiger partial charge in [0.1, 0.15) is 5.82 Å². The van der Waals surface area contributed by atoms with Crippen LogP contribution in [0.3, 0.4) is 0 Å². The molecule has 0 aromatic carbocycles. The molecule has 0 spiro atoms. The molecule has 1 fully saturated rings. The minimum atomic E-state index is 0.0767. The fraction of sp³-hybridized carbons (Fsp3) is 0.545. The van der Waals surface area contributed by atoms with E-state index in [0.29, 0.717) is 11.4 Å². The van der Waals surface area contributed by atoms with Crippen LogP contribution >= 0.6 is 0 Å². The molecule has 0 radical (unpaired) electrons. The maximum atomic E-state index is 12.1. The van der Waals surface area contributed by atoms with Crippen LogP contribution in [0.2, 0.25) is 0 Å². The number of piperidine rings is 1. The van der Waals surface area contributed by atoms with Crippen molar-refractivity contribution in [2.75, 3.05) is 18.8 Å². The highest BCUT2D eigenvalue weighted by Crippen LogP contribution is 2.17. The molecular weight excluding hydrogens is 190 g/mol. The Labute approximate surface area is 89.7 Å². The van der Waals surface area contributed by atoms with Gasteiger partial charge >= 0.3 is 0 Å².